The minimum Gasteiger partial charge on any atom is -0.335 e. The highest BCUT2D eigenvalue weighted by atomic mass is 32.1. The Morgan fingerprint density at radius 2 is 2.19 bits per heavy atom. The molecule has 0 spiro atoms. The Morgan fingerprint density at radius 3 is 2.81 bits per heavy atom. The summed E-state index contributed by atoms with van der Waals surface area (Å²) in [6.45, 7) is 2.70. The van der Waals surface area contributed by atoms with Crippen LogP contribution in [0.15, 0.2) is 10.8 Å². The van der Waals surface area contributed by atoms with Crippen LogP contribution in [0.3, 0.4) is 0 Å². The summed E-state index contributed by atoms with van der Waals surface area (Å²) in [4.78, 5) is 11.6. The number of nitrogens with one attached hydrogen (secondary N) is 2. The van der Waals surface area contributed by atoms with Crippen molar-refractivity contribution in [3.63, 3.8) is 0 Å². The molecule has 0 aromatic carbocycles. The molecule has 16 heavy (non-hydrogen) atoms. The number of thiophene rings is 1. The van der Waals surface area contributed by atoms with E-state index in [1.807, 2.05) is 0 Å². The fraction of sp³-hybridized carbons (Fsp3) is 0.583. The summed E-state index contributed by atoms with van der Waals surface area (Å²) in [7, 11) is 0. The fourth-order valence-electron chi connectivity index (χ4n) is 2.05. The molecule has 0 unspecified atom stereocenters. The van der Waals surface area contributed by atoms with Crippen molar-refractivity contribution in [2.75, 3.05) is 0 Å². The van der Waals surface area contributed by atoms with Crippen molar-refractivity contribution in [2.24, 2.45) is 0 Å². The lowest BCUT2D eigenvalue weighted by Crippen LogP contribution is -2.40. The summed E-state index contributed by atoms with van der Waals surface area (Å²) in [5.74, 6) is 0. The van der Waals surface area contributed by atoms with Gasteiger partial charge in [0.2, 0.25) is 0 Å². The Labute approximate surface area is 100 Å². The van der Waals surface area contributed by atoms with Crippen molar-refractivity contribution < 1.29 is 4.79 Å². The lowest BCUT2D eigenvalue weighted by Gasteiger charge is -2.12. The third kappa shape index (κ3) is 2.98. The van der Waals surface area contributed by atoms with E-state index in [1.165, 1.54) is 24.0 Å². The molecule has 1 heterocycles. The molecule has 1 aromatic rings. The second-order valence-corrected chi connectivity index (χ2v) is 5.13. The van der Waals surface area contributed by atoms with Gasteiger partial charge in [-0.05, 0) is 41.7 Å². The average Bonchev–Trinajstić information content (AvgIpc) is 2.87. The number of carbonyl (C=O) groups excluding carboxylic acids is 1. The quantitative estimate of drug-likeness (QED) is 0.835. The topological polar surface area (TPSA) is 41.1 Å². The summed E-state index contributed by atoms with van der Waals surface area (Å²) in [5, 5.41) is 10.1. The molecule has 0 aliphatic heterocycles. The standard InChI is InChI=1S/C12H18N2OS/c1-9-7-16-8-10(9)6-13-12(15)14-11-4-2-3-5-11/h7-8,11H,2-6H2,1H3,(H2,13,14,15). The van der Waals surface area contributed by atoms with Crippen molar-refractivity contribution in [3.8, 4) is 0 Å². The molecule has 1 aliphatic rings. The first-order valence-corrected chi connectivity index (χ1v) is 6.76. The Balaban J connectivity index is 1.73. The van der Waals surface area contributed by atoms with Crippen LogP contribution in [0.25, 0.3) is 0 Å². The first-order valence-electron chi connectivity index (χ1n) is 5.82. The van der Waals surface area contributed by atoms with Gasteiger partial charge in [0.1, 0.15) is 0 Å². The zero-order chi connectivity index (χ0) is 11.4. The van der Waals surface area contributed by atoms with E-state index in [-0.39, 0.29) is 6.03 Å². The van der Waals surface area contributed by atoms with Gasteiger partial charge in [-0.1, -0.05) is 12.8 Å². The van der Waals surface area contributed by atoms with Crippen LogP contribution in [0.2, 0.25) is 0 Å². The van der Waals surface area contributed by atoms with Gasteiger partial charge in [0.15, 0.2) is 0 Å². The second kappa shape index (κ2) is 5.34. The summed E-state index contributed by atoms with van der Waals surface area (Å²) >= 11 is 1.68. The van der Waals surface area contributed by atoms with Crippen LogP contribution < -0.4 is 10.6 Å². The normalized spacial score (nSPS) is 16.3. The number of hydrogen-bond acceptors (Lipinski definition) is 2. The van der Waals surface area contributed by atoms with Crippen LogP contribution in [0.5, 0.6) is 0 Å². The molecule has 0 radical (unpaired) electrons. The van der Waals surface area contributed by atoms with Gasteiger partial charge < -0.3 is 10.6 Å². The number of rotatable bonds is 3. The molecule has 2 rings (SSSR count). The highest BCUT2D eigenvalue weighted by molar-refractivity contribution is 7.08. The van der Waals surface area contributed by atoms with Crippen molar-refractivity contribution >= 4 is 17.4 Å². The van der Waals surface area contributed by atoms with E-state index in [4.69, 9.17) is 0 Å². The maximum atomic E-state index is 11.6. The van der Waals surface area contributed by atoms with Crippen molar-refractivity contribution in [1.82, 2.24) is 10.6 Å². The number of carbonyl (C=O) groups is 1. The van der Waals surface area contributed by atoms with Crippen molar-refractivity contribution in [2.45, 2.75) is 45.2 Å². The summed E-state index contributed by atoms with van der Waals surface area (Å²) in [5.41, 5.74) is 2.47. The SMILES string of the molecule is Cc1cscc1CNC(=O)NC1CCCC1. The number of amides is 2. The lowest BCUT2D eigenvalue weighted by atomic mass is 10.2. The molecule has 1 fully saturated rings. The van der Waals surface area contributed by atoms with Gasteiger partial charge in [0.25, 0.3) is 0 Å². The summed E-state index contributed by atoms with van der Waals surface area (Å²) in [6, 6.07) is 0.362. The highest BCUT2D eigenvalue weighted by Gasteiger charge is 2.16. The maximum Gasteiger partial charge on any atom is 0.315 e. The van der Waals surface area contributed by atoms with Crippen LogP contribution in [-0.4, -0.2) is 12.1 Å². The van der Waals surface area contributed by atoms with Gasteiger partial charge >= 0.3 is 6.03 Å². The third-order valence-electron chi connectivity index (χ3n) is 3.09. The Hall–Kier alpha value is -1.03. The van der Waals surface area contributed by atoms with Crippen LogP contribution >= 0.6 is 11.3 Å². The maximum absolute atomic E-state index is 11.6. The van der Waals surface area contributed by atoms with Gasteiger partial charge in [0.05, 0.1) is 0 Å². The molecule has 2 N–H and O–H groups in total. The fourth-order valence-corrected chi connectivity index (χ4v) is 2.91. The van der Waals surface area contributed by atoms with E-state index >= 15 is 0 Å². The zero-order valence-corrected chi connectivity index (χ0v) is 10.4. The Bertz CT molecular complexity index is 356. The highest BCUT2D eigenvalue weighted by Crippen LogP contribution is 2.17. The molecule has 0 atom stereocenters. The molecule has 3 nitrogen and oxygen atoms in total. The van der Waals surface area contributed by atoms with Crippen LogP contribution in [0.4, 0.5) is 4.79 Å². The Kier molecular flexibility index (Phi) is 3.83. The molecule has 1 aromatic heterocycles. The van der Waals surface area contributed by atoms with E-state index in [0.717, 1.165) is 12.8 Å². The monoisotopic (exact) mass is 238 g/mol. The van der Waals surface area contributed by atoms with Crippen LogP contribution in [-0.2, 0) is 6.54 Å². The smallest absolute Gasteiger partial charge is 0.315 e. The van der Waals surface area contributed by atoms with E-state index in [2.05, 4.69) is 28.3 Å². The molecule has 2 amide bonds. The molecule has 4 heteroatoms. The lowest BCUT2D eigenvalue weighted by molar-refractivity contribution is 0.236. The summed E-state index contributed by atoms with van der Waals surface area (Å²) < 4.78 is 0. The molecule has 1 aliphatic carbocycles. The minimum absolute atomic E-state index is 0.0301. The number of hydrogen-bond donors (Lipinski definition) is 2. The van der Waals surface area contributed by atoms with E-state index in [9.17, 15) is 4.79 Å². The Morgan fingerprint density at radius 1 is 1.44 bits per heavy atom. The van der Waals surface area contributed by atoms with Crippen LogP contribution in [0.1, 0.15) is 36.8 Å². The summed E-state index contributed by atoms with van der Waals surface area (Å²) in [6.07, 6.45) is 4.75. The van der Waals surface area contributed by atoms with Gasteiger partial charge in [-0.2, -0.15) is 11.3 Å². The van der Waals surface area contributed by atoms with E-state index in [1.54, 1.807) is 11.3 Å². The van der Waals surface area contributed by atoms with E-state index < -0.39 is 0 Å². The predicted molar refractivity (Wildman–Crippen MR) is 66.7 cm³/mol. The number of aryl methyl sites for hydroxylation is 1. The molecular weight excluding hydrogens is 220 g/mol. The first-order chi connectivity index (χ1) is 7.75. The molecule has 0 saturated heterocycles. The van der Waals surface area contributed by atoms with Crippen LogP contribution in [0, 0.1) is 6.92 Å². The molecule has 88 valence electrons. The van der Waals surface area contributed by atoms with Gasteiger partial charge in [-0.15, -0.1) is 0 Å². The zero-order valence-electron chi connectivity index (χ0n) is 9.58. The predicted octanol–water partition coefficient (Wildman–Crippen LogP) is 2.80. The van der Waals surface area contributed by atoms with E-state index in [0.29, 0.717) is 12.6 Å². The largest absolute Gasteiger partial charge is 0.335 e. The average molecular weight is 238 g/mol. The van der Waals surface area contributed by atoms with Gasteiger partial charge in [0, 0.05) is 12.6 Å². The third-order valence-corrected chi connectivity index (χ3v) is 4.00. The van der Waals surface area contributed by atoms with Crippen molar-refractivity contribution in [1.29, 1.82) is 0 Å². The molecule has 1 saturated carbocycles. The first kappa shape index (κ1) is 11.5. The number of urea groups is 1. The van der Waals surface area contributed by atoms with Crippen molar-refractivity contribution in [3.05, 3.63) is 21.9 Å². The molecular formula is C12H18N2OS. The van der Waals surface area contributed by atoms with Gasteiger partial charge in [-0.25, -0.2) is 4.79 Å². The van der Waals surface area contributed by atoms with Gasteiger partial charge in [-0.3, -0.25) is 0 Å². The minimum atomic E-state index is -0.0301. The second-order valence-electron chi connectivity index (χ2n) is 4.39. The molecule has 0 bridgehead atoms.